The molecule has 1 aliphatic rings. The molecule has 1 nitrogen and oxygen atoms in total. The highest BCUT2D eigenvalue weighted by Gasteiger charge is 2.55. The molecule has 1 aliphatic carbocycles. The number of hydrogen-bond acceptors (Lipinski definition) is 1. The molecule has 0 bridgehead atoms. The summed E-state index contributed by atoms with van der Waals surface area (Å²) >= 11 is 0. The van der Waals surface area contributed by atoms with Gasteiger partial charge in [-0.05, 0) is 23.0 Å². The van der Waals surface area contributed by atoms with Crippen LogP contribution >= 0.6 is 0 Å². The van der Waals surface area contributed by atoms with Gasteiger partial charge >= 0.3 is 0 Å². The fourth-order valence-corrected chi connectivity index (χ4v) is 2.28. The van der Waals surface area contributed by atoms with Gasteiger partial charge < -0.3 is 5.73 Å². The summed E-state index contributed by atoms with van der Waals surface area (Å²) in [5.41, 5.74) is 9.15. The average Bonchev–Trinajstić information content (AvgIpc) is 2.67. The maximum Gasteiger partial charge on any atom is 0.0172 e. The van der Waals surface area contributed by atoms with Crippen LogP contribution in [0.5, 0.6) is 0 Å². The van der Waals surface area contributed by atoms with E-state index in [0.29, 0.717) is 17.4 Å². The van der Waals surface area contributed by atoms with Gasteiger partial charge in [-0.2, -0.15) is 0 Å². The first kappa shape index (κ1) is 9.72. The maximum atomic E-state index is 6.05. The molecule has 1 aromatic carbocycles. The molecule has 0 unspecified atom stereocenters. The maximum absolute atomic E-state index is 6.05. The first-order valence-electron chi connectivity index (χ1n) is 5.41. The van der Waals surface area contributed by atoms with E-state index in [9.17, 15) is 0 Å². The summed E-state index contributed by atoms with van der Waals surface area (Å²) in [6.45, 7) is 6.67. The minimum absolute atomic E-state index is 0.299. The van der Waals surface area contributed by atoms with Gasteiger partial charge in [0, 0.05) is 12.0 Å². The van der Waals surface area contributed by atoms with Crippen molar-refractivity contribution >= 4 is 0 Å². The summed E-state index contributed by atoms with van der Waals surface area (Å²) in [6.07, 6.45) is 1.11. The zero-order valence-electron chi connectivity index (χ0n) is 9.25. The Morgan fingerprint density at radius 3 is 2.07 bits per heavy atom. The molecule has 1 aromatic rings. The quantitative estimate of drug-likeness (QED) is 0.760. The van der Waals surface area contributed by atoms with Gasteiger partial charge in [0.2, 0.25) is 0 Å². The largest absolute Gasteiger partial charge is 0.327 e. The third kappa shape index (κ3) is 1.36. The van der Waals surface area contributed by atoms with Gasteiger partial charge in [0.05, 0.1) is 0 Å². The molecular formula is C13H19N. The van der Waals surface area contributed by atoms with Crippen molar-refractivity contribution in [1.82, 2.24) is 0 Å². The summed E-state index contributed by atoms with van der Waals surface area (Å²) < 4.78 is 0. The monoisotopic (exact) mass is 189 g/mol. The number of benzene rings is 1. The molecule has 14 heavy (non-hydrogen) atoms. The van der Waals surface area contributed by atoms with Crippen LogP contribution in [0, 0.1) is 5.41 Å². The summed E-state index contributed by atoms with van der Waals surface area (Å²) in [5, 5.41) is 0. The molecule has 0 amide bonds. The van der Waals surface area contributed by atoms with Crippen molar-refractivity contribution in [1.29, 1.82) is 0 Å². The average molecular weight is 189 g/mol. The lowest BCUT2D eigenvalue weighted by Crippen LogP contribution is -2.06. The molecule has 0 aromatic heterocycles. The smallest absolute Gasteiger partial charge is 0.0172 e. The van der Waals surface area contributed by atoms with Crippen LogP contribution in [0.25, 0.3) is 0 Å². The molecular weight excluding hydrogens is 170 g/mol. The Balaban J connectivity index is 2.20. The lowest BCUT2D eigenvalue weighted by molar-refractivity contribution is 0.599. The van der Waals surface area contributed by atoms with Crippen LogP contribution in [-0.2, 0) is 6.42 Å². The summed E-state index contributed by atoms with van der Waals surface area (Å²) in [6, 6.07) is 9.25. The van der Waals surface area contributed by atoms with Gasteiger partial charge in [-0.15, -0.1) is 0 Å². The van der Waals surface area contributed by atoms with E-state index in [2.05, 4.69) is 45.0 Å². The van der Waals surface area contributed by atoms with E-state index in [1.54, 1.807) is 0 Å². The van der Waals surface area contributed by atoms with Crippen molar-refractivity contribution in [2.45, 2.75) is 39.2 Å². The molecule has 1 saturated carbocycles. The molecule has 0 spiro atoms. The van der Waals surface area contributed by atoms with Crippen LogP contribution in [0.4, 0.5) is 0 Å². The van der Waals surface area contributed by atoms with Crippen LogP contribution in [0.1, 0.15) is 37.8 Å². The third-order valence-corrected chi connectivity index (χ3v) is 3.66. The molecule has 2 atom stereocenters. The van der Waals surface area contributed by atoms with E-state index < -0.39 is 0 Å². The lowest BCUT2D eigenvalue weighted by atomic mass is 10.0. The van der Waals surface area contributed by atoms with Crippen molar-refractivity contribution in [3.05, 3.63) is 35.4 Å². The highest BCUT2D eigenvalue weighted by atomic mass is 14.8. The summed E-state index contributed by atoms with van der Waals surface area (Å²) in [4.78, 5) is 0. The predicted octanol–water partition coefficient (Wildman–Crippen LogP) is 2.70. The number of aryl methyl sites for hydroxylation is 1. The van der Waals surface area contributed by atoms with E-state index in [1.807, 2.05) is 0 Å². The Morgan fingerprint density at radius 1 is 1.21 bits per heavy atom. The fraction of sp³-hybridized carbons (Fsp3) is 0.538. The fourth-order valence-electron chi connectivity index (χ4n) is 2.28. The predicted molar refractivity (Wildman–Crippen MR) is 60.3 cm³/mol. The van der Waals surface area contributed by atoms with Gasteiger partial charge in [-0.3, -0.25) is 0 Å². The molecule has 2 rings (SSSR count). The molecule has 76 valence electrons. The van der Waals surface area contributed by atoms with E-state index in [-0.39, 0.29) is 0 Å². The van der Waals surface area contributed by atoms with Gasteiger partial charge in [-0.1, -0.05) is 45.0 Å². The number of hydrogen-bond donors (Lipinski definition) is 1. The normalized spacial score (nSPS) is 28.9. The summed E-state index contributed by atoms with van der Waals surface area (Å²) in [7, 11) is 0. The second-order valence-corrected chi connectivity index (χ2v) is 4.92. The first-order chi connectivity index (χ1) is 6.57. The Bertz CT molecular complexity index is 324. The van der Waals surface area contributed by atoms with Crippen molar-refractivity contribution < 1.29 is 0 Å². The van der Waals surface area contributed by atoms with Crippen molar-refractivity contribution in [2.75, 3.05) is 0 Å². The second kappa shape index (κ2) is 3.09. The van der Waals surface area contributed by atoms with Gasteiger partial charge in [0.25, 0.3) is 0 Å². The van der Waals surface area contributed by atoms with Crippen LogP contribution in [0.15, 0.2) is 24.3 Å². The van der Waals surface area contributed by atoms with E-state index in [4.69, 9.17) is 5.73 Å². The van der Waals surface area contributed by atoms with Crippen molar-refractivity contribution in [3.63, 3.8) is 0 Å². The summed E-state index contributed by atoms with van der Waals surface area (Å²) in [5.74, 6) is 0.563. The zero-order valence-corrected chi connectivity index (χ0v) is 9.25. The number of nitrogens with two attached hydrogens (primary N) is 1. The van der Waals surface area contributed by atoms with Gasteiger partial charge in [0.15, 0.2) is 0 Å². The van der Waals surface area contributed by atoms with Crippen LogP contribution in [-0.4, -0.2) is 6.04 Å². The Hall–Kier alpha value is -0.820. The Labute approximate surface area is 86.3 Å². The molecule has 1 heteroatoms. The zero-order chi connectivity index (χ0) is 10.3. The minimum Gasteiger partial charge on any atom is -0.327 e. The van der Waals surface area contributed by atoms with E-state index in [1.165, 1.54) is 11.1 Å². The minimum atomic E-state index is 0.299. The van der Waals surface area contributed by atoms with E-state index in [0.717, 1.165) is 6.42 Å². The van der Waals surface area contributed by atoms with Crippen molar-refractivity contribution in [2.24, 2.45) is 11.1 Å². The molecule has 0 saturated heterocycles. The van der Waals surface area contributed by atoms with Gasteiger partial charge in [-0.25, -0.2) is 0 Å². The highest BCUT2D eigenvalue weighted by molar-refractivity contribution is 5.35. The molecule has 0 radical (unpaired) electrons. The highest BCUT2D eigenvalue weighted by Crippen LogP contribution is 2.57. The Morgan fingerprint density at radius 2 is 1.71 bits per heavy atom. The van der Waals surface area contributed by atoms with Crippen LogP contribution in [0.3, 0.4) is 0 Å². The van der Waals surface area contributed by atoms with Crippen LogP contribution < -0.4 is 5.73 Å². The SMILES string of the molecule is CCc1ccc([C@@H]2[C@@H](N)C2(C)C)cc1. The van der Waals surface area contributed by atoms with Crippen LogP contribution in [0.2, 0.25) is 0 Å². The third-order valence-electron chi connectivity index (χ3n) is 3.66. The first-order valence-corrected chi connectivity index (χ1v) is 5.41. The topological polar surface area (TPSA) is 26.0 Å². The molecule has 0 aliphatic heterocycles. The molecule has 0 heterocycles. The van der Waals surface area contributed by atoms with Crippen molar-refractivity contribution in [3.8, 4) is 0 Å². The Kier molecular flexibility index (Phi) is 2.15. The van der Waals surface area contributed by atoms with E-state index >= 15 is 0 Å². The second-order valence-electron chi connectivity index (χ2n) is 4.92. The van der Waals surface area contributed by atoms with Gasteiger partial charge in [0.1, 0.15) is 0 Å². The number of rotatable bonds is 2. The molecule has 2 N–H and O–H groups in total. The lowest BCUT2D eigenvalue weighted by Gasteiger charge is -2.03. The molecule has 1 fully saturated rings. The standard InChI is InChI=1S/C13H19N/c1-4-9-5-7-10(8-6-9)11-12(14)13(11,2)3/h5-8,11-12H,4,14H2,1-3H3/t11-,12-/m1/s1.